The number of rotatable bonds is 5. The third-order valence-electron chi connectivity index (χ3n) is 2.95. The largest absolute Gasteiger partial charge is 0.325 e. The Hall–Kier alpha value is -1.64. The zero-order valence-corrected chi connectivity index (χ0v) is 15.1. The highest BCUT2D eigenvalue weighted by atomic mass is 79.9. The number of hydrogen-bond donors (Lipinski definition) is 1. The lowest BCUT2D eigenvalue weighted by atomic mass is 10.3. The van der Waals surface area contributed by atoms with Gasteiger partial charge in [0, 0.05) is 33.6 Å². The van der Waals surface area contributed by atoms with Gasteiger partial charge < -0.3 is 5.32 Å². The van der Waals surface area contributed by atoms with Gasteiger partial charge in [-0.3, -0.25) is 14.0 Å². The van der Waals surface area contributed by atoms with Gasteiger partial charge in [0.15, 0.2) is 4.96 Å². The van der Waals surface area contributed by atoms with Crippen LogP contribution in [0.1, 0.15) is 5.69 Å². The lowest BCUT2D eigenvalue weighted by Crippen LogP contribution is -2.15. The molecule has 0 fully saturated rings. The summed E-state index contributed by atoms with van der Waals surface area (Å²) in [5, 5.41) is 4.66. The molecule has 0 aliphatic heterocycles. The van der Waals surface area contributed by atoms with Crippen molar-refractivity contribution >= 4 is 55.6 Å². The fraction of sp³-hybridized carbons (Fsp3) is 0.133. The quantitative estimate of drug-likeness (QED) is 0.701. The van der Waals surface area contributed by atoms with Gasteiger partial charge in [0.2, 0.25) is 5.91 Å². The van der Waals surface area contributed by atoms with Gasteiger partial charge in [-0.1, -0.05) is 22.0 Å². The van der Waals surface area contributed by atoms with Gasteiger partial charge in [0.1, 0.15) is 0 Å². The standard InChI is InChI=1S/C15H12BrN3O2S2/c16-10-2-1-3-11(6-10)17-13(20)9-22-8-12-7-14(21)19-4-5-23-15(19)18-12/h1-7H,8-9H2,(H,17,20). The Balaban J connectivity index is 1.56. The van der Waals surface area contributed by atoms with E-state index in [0.717, 1.165) is 10.2 Å². The van der Waals surface area contributed by atoms with Crippen molar-refractivity contribution in [2.75, 3.05) is 11.1 Å². The molecule has 0 spiro atoms. The molecule has 0 aliphatic rings. The van der Waals surface area contributed by atoms with Gasteiger partial charge in [-0.2, -0.15) is 0 Å². The molecule has 1 amide bonds. The number of amides is 1. The van der Waals surface area contributed by atoms with E-state index >= 15 is 0 Å². The van der Waals surface area contributed by atoms with Crippen molar-refractivity contribution in [2.45, 2.75) is 5.75 Å². The predicted octanol–water partition coefficient (Wildman–Crippen LogP) is 3.39. The monoisotopic (exact) mass is 409 g/mol. The molecule has 1 aromatic carbocycles. The van der Waals surface area contributed by atoms with Gasteiger partial charge in [0.05, 0.1) is 11.4 Å². The molecule has 0 radical (unpaired) electrons. The van der Waals surface area contributed by atoms with Crippen LogP contribution in [0, 0.1) is 0 Å². The predicted molar refractivity (Wildman–Crippen MR) is 98.3 cm³/mol. The number of halogens is 1. The molecule has 3 rings (SSSR count). The van der Waals surface area contributed by atoms with Crippen LogP contribution < -0.4 is 10.9 Å². The highest BCUT2D eigenvalue weighted by Crippen LogP contribution is 2.17. The number of nitrogens with zero attached hydrogens (tertiary/aromatic N) is 2. The summed E-state index contributed by atoms with van der Waals surface area (Å²) in [6.45, 7) is 0. The van der Waals surface area contributed by atoms with Gasteiger partial charge in [-0.05, 0) is 18.2 Å². The van der Waals surface area contributed by atoms with Crippen molar-refractivity contribution in [1.82, 2.24) is 9.38 Å². The van der Waals surface area contributed by atoms with Crippen LogP contribution in [0.5, 0.6) is 0 Å². The average Bonchev–Trinajstić information content (AvgIpc) is 2.96. The number of nitrogens with one attached hydrogen (secondary N) is 1. The molecule has 0 saturated heterocycles. The molecule has 0 saturated carbocycles. The summed E-state index contributed by atoms with van der Waals surface area (Å²) in [6, 6.07) is 8.95. The fourth-order valence-corrected chi connectivity index (χ4v) is 3.83. The topological polar surface area (TPSA) is 63.5 Å². The van der Waals surface area contributed by atoms with Crippen molar-refractivity contribution in [3.8, 4) is 0 Å². The maximum Gasteiger partial charge on any atom is 0.258 e. The number of fused-ring (bicyclic) bond motifs is 1. The number of carbonyl (C=O) groups excluding carboxylic acids is 1. The molecule has 1 N–H and O–H groups in total. The van der Waals surface area contributed by atoms with E-state index in [2.05, 4.69) is 26.2 Å². The second-order valence-electron chi connectivity index (χ2n) is 4.69. The molecule has 0 bridgehead atoms. The van der Waals surface area contributed by atoms with E-state index in [9.17, 15) is 9.59 Å². The summed E-state index contributed by atoms with van der Waals surface area (Å²) in [6.07, 6.45) is 1.71. The van der Waals surface area contributed by atoms with E-state index in [1.807, 2.05) is 29.6 Å². The van der Waals surface area contributed by atoms with E-state index in [1.54, 1.807) is 6.20 Å². The van der Waals surface area contributed by atoms with Gasteiger partial charge in [0.25, 0.3) is 5.56 Å². The first kappa shape index (κ1) is 16.2. The SMILES string of the molecule is O=C(CSCc1cc(=O)n2ccsc2n1)Nc1cccc(Br)c1. The normalized spacial score (nSPS) is 10.8. The van der Waals surface area contributed by atoms with Crippen LogP contribution in [0.2, 0.25) is 0 Å². The highest BCUT2D eigenvalue weighted by molar-refractivity contribution is 9.10. The van der Waals surface area contributed by atoms with Crippen LogP contribution in [0.25, 0.3) is 4.96 Å². The first-order chi connectivity index (χ1) is 11.1. The Labute approximate surface area is 148 Å². The zero-order chi connectivity index (χ0) is 16.2. The summed E-state index contributed by atoms with van der Waals surface area (Å²) in [5.41, 5.74) is 1.35. The van der Waals surface area contributed by atoms with E-state index in [-0.39, 0.29) is 11.5 Å². The lowest BCUT2D eigenvalue weighted by molar-refractivity contribution is -0.113. The molecule has 0 atom stereocenters. The van der Waals surface area contributed by atoms with Crippen molar-refractivity contribution in [2.24, 2.45) is 0 Å². The maximum absolute atomic E-state index is 11.9. The van der Waals surface area contributed by atoms with Crippen molar-refractivity contribution in [3.05, 3.63) is 62.4 Å². The molecule has 0 unspecified atom stereocenters. The second-order valence-corrected chi connectivity index (χ2v) is 7.47. The Morgan fingerprint density at radius 1 is 1.39 bits per heavy atom. The number of anilines is 1. The summed E-state index contributed by atoms with van der Waals surface area (Å²) in [5.74, 6) is 0.745. The number of thiazole rings is 1. The molecule has 118 valence electrons. The number of aromatic nitrogens is 2. The van der Waals surface area contributed by atoms with Crippen LogP contribution in [0.3, 0.4) is 0 Å². The van der Waals surface area contributed by atoms with Crippen LogP contribution in [-0.4, -0.2) is 21.0 Å². The van der Waals surface area contributed by atoms with Crippen molar-refractivity contribution < 1.29 is 4.79 Å². The van der Waals surface area contributed by atoms with E-state index in [0.29, 0.717) is 22.2 Å². The Bertz CT molecular complexity index is 907. The Kier molecular flexibility index (Phi) is 5.14. The van der Waals surface area contributed by atoms with E-state index in [4.69, 9.17) is 0 Å². The number of thioether (sulfide) groups is 1. The maximum atomic E-state index is 11.9. The molecule has 8 heteroatoms. The zero-order valence-electron chi connectivity index (χ0n) is 11.9. The molecule has 5 nitrogen and oxygen atoms in total. The number of benzene rings is 1. The molecular weight excluding hydrogens is 398 g/mol. The van der Waals surface area contributed by atoms with E-state index < -0.39 is 0 Å². The summed E-state index contributed by atoms with van der Waals surface area (Å²) >= 11 is 6.21. The van der Waals surface area contributed by atoms with Gasteiger partial charge in [-0.25, -0.2) is 4.98 Å². The minimum absolute atomic E-state index is 0.0815. The van der Waals surface area contributed by atoms with Crippen molar-refractivity contribution in [3.63, 3.8) is 0 Å². The third-order valence-corrected chi connectivity index (χ3v) is 5.16. The minimum Gasteiger partial charge on any atom is -0.325 e. The Morgan fingerprint density at radius 3 is 3.09 bits per heavy atom. The van der Waals surface area contributed by atoms with Crippen molar-refractivity contribution in [1.29, 1.82) is 0 Å². The molecule has 2 heterocycles. The van der Waals surface area contributed by atoms with Crippen LogP contribution in [-0.2, 0) is 10.5 Å². The average molecular weight is 410 g/mol. The van der Waals surface area contributed by atoms with Crippen LogP contribution >= 0.6 is 39.0 Å². The smallest absolute Gasteiger partial charge is 0.258 e. The second kappa shape index (κ2) is 7.29. The van der Waals surface area contributed by atoms with Crippen LogP contribution in [0.4, 0.5) is 5.69 Å². The summed E-state index contributed by atoms with van der Waals surface area (Å²) < 4.78 is 2.43. The van der Waals surface area contributed by atoms with Gasteiger partial charge in [-0.15, -0.1) is 23.1 Å². The first-order valence-electron chi connectivity index (χ1n) is 6.71. The van der Waals surface area contributed by atoms with Crippen LogP contribution in [0.15, 0.2) is 51.2 Å². The number of hydrogen-bond acceptors (Lipinski definition) is 5. The molecule has 3 aromatic rings. The van der Waals surface area contributed by atoms with E-state index in [1.165, 1.54) is 33.6 Å². The summed E-state index contributed by atoms with van der Waals surface area (Å²) in [4.78, 5) is 28.9. The minimum atomic E-state index is -0.0922. The summed E-state index contributed by atoms with van der Waals surface area (Å²) in [7, 11) is 0. The molecule has 23 heavy (non-hydrogen) atoms. The molecular formula is C15H12BrN3O2S2. The fourth-order valence-electron chi connectivity index (χ4n) is 1.97. The first-order valence-corrected chi connectivity index (χ1v) is 9.53. The number of carbonyl (C=O) groups is 1. The molecule has 0 aliphatic carbocycles. The Morgan fingerprint density at radius 2 is 2.26 bits per heavy atom. The molecule has 2 aromatic heterocycles. The lowest BCUT2D eigenvalue weighted by Gasteiger charge is -2.05. The van der Waals surface area contributed by atoms with Gasteiger partial charge >= 0.3 is 0 Å². The highest BCUT2D eigenvalue weighted by Gasteiger charge is 2.06. The third kappa shape index (κ3) is 4.21.